The molecule has 3 nitrogen and oxygen atoms in total. The summed E-state index contributed by atoms with van der Waals surface area (Å²) in [7, 11) is 0. The van der Waals surface area contributed by atoms with E-state index in [0.717, 1.165) is 6.07 Å². The lowest BCUT2D eigenvalue weighted by molar-refractivity contribution is -0.146. The molecule has 1 aromatic rings. The van der Waals surface area contributed by atoms with Crippen LogP contribution in [0.3, 0.4) is 0 Å². The summed E-state index contributed by atoms with van der Waals surface area (Å²) >= 11 is 3.16. The van der Waals surface area contributed by atoms with Gasteiger partial charge in [0, 0.05) is 4.47 Å². The molecule has 0 bridgehead atoms. The van der Waals surface area contributed by atoms with Crippen LogP contribution in [0.25, 0.3) is 0 Å². The Kier molecular flexibility index (Phi) is 4.44. The first kappa shape index (κ1) is 13.1. The van der Waals surface area contributed by atoms with Crippen molar-refractivity contribution >= 4 is 21.9 Å². The Morgan fingerprint density at radius 1 is 1.56 bits per heavy atom. The van der Waals surface area contributed by atoms with Gasteiger partial charge in [0.2, 0.25) is 0 Å². The number of hydrogen-bond donors (Lipinski definition) is 2. The molecular formula is C11H12BrFO3. The molecule has 0 saturated heterocycles. The van der Waals surface area contributed by atoms with Gasteiger partial charge in [-0.15, -0.1) is 0 Å². The van der Waals surface area contributed by atoms with Crippen LogP contribution in [0, 0.1) is 11.7 Å². The lowest BCUT2D eigenvalue weighted by Gasteiger charge is -2.19. The highest BCUT2D eigenvalue weighted by Gasteiger charge is 2.27. The molecule has 5 heteroatoms. The van der Waals surface area contributed by atoms with Crippen molar-refractivity contribution in [3.63, 3.8) is 0 Å². The summed E-state index contributed by atoms with van der Waals surface area (Å²) in [5, 5.41) is 18.8. The molecule has 1 aromatic carbocycles. The molecule has 2 N–H and O–H groups in total. The molecule has 0 fully saturated rings. The van der Waals surface area contributed by atoms with Crippen LogP contribution in [0.1, 0.15) is 25.0 Å². The Bertz CT molecular complexity index is 395. The smallest absolute Gasteiger partial charge is 0.309 e. The van der Waals surface area contributed by atoms with E-state index in [1.165, 1.54) is 12.1 Å². The predicted molar refractivity (Wildman–Crippen MR) is 60.5 cm³/mol. The lowest BCUT2D eigenvalue weighted by Crippen LogP contribution is -2.21. The van der Waals surface area contributed by atoms with Crippen LogP contribution >= 0.6 is 15.9 Å². The Morgan fingerprint density at radius 3 is 2.69 bits per heavy atom. The number of halogens is 2. The summed E-state index contributed by atoms with van der Waals surface area (Å²) in [6, 6.07) is 3.82. The molecule has 1 rings (SSSR count). The van der Waals surface area contributed by atoms with Gasteiger partial charge in [0.15, 0.2) is 0 Å². The average molecular weight is 291 g/mol. The van der Waals surface area contributed by atoms with E-state index in [2.05, 4.69) is 15.9 Å². The van der Waals surface area contributed by atoms with Crippen LogP contribution < -0.4 is 0 Å². The fourth-order valence-corrected chi connectivity index (χ4v) is 1.97. The maximum Gasteiger partial charge on any atom is 0.309 e. The predicted octanol–water partition coefficient (Wildman–Crippen LogP) is 2.73. The molecule has 2 unspecified atom stereocenters. The van der Waals surface area contributed by atoms with Crippen molar-refractivity contribution in [2.45, 2.75) is 19.4 Å². The molecule has 0 aromatic heterocycles. The summed E-state index contributed by atoms with van der Waals surface area (Å²) in [6.45, 7) is 1.66. The molecule has 0 aliphatic rings. The zero-order chi connectivity index (χ0) is 12.3. The summed E-state index contributed by atoms with van der Waals surface area (Å²) < 4.78 is 13.5. The molecule has 2 atom stereocenters. The van der Waals surface area contributed by atoms with Gasteiger partial charge in [-0.3, -0.25) is 4.79 Å². The van der Waals surface area contributed by atoms with E-state index in [1.807, 2.05) is 0 Å². The third kappa shape index (κ3) is 2.80. The average Bonchev–Trinajstić information content (AvgIpc) is 2.22. The van der Waals surface area contributed by atoms with Gasteiger partial charge in [0.1, 0.15) is 5.82 Å². The summed E-state index contributed by atoms with van der Waals surface area (Å²) in [6.07, 6.45) is -0.938. The number of rotatable bonds is 4. The number of carboxylic acid groups (broad SMARTS) is 1. The van der Waals surface area contributed by atoms with Gasteiger partial charge in [0.05, 0.1) is 12.0 Å². The highest BCUT2D eigenvalue weighted by molar-refractivity contribution is 9.10. The zero-order valence-electron chi connectivity index (χ0n) is 8.65. The minimum atomic E-state index is -1.22. The van der Waals surface area contributed by atoms with Crippen LogP contribution in [0.2, 0.25) is 0 Å². The molecule has 0 radical (unpaired) electrons. The monoisotopic (exact) mass is 290 g/mol. The van der Waals surface area contributed by atoms with Gasteiger partial charge in [0.25, 0.3) is 0 Å². The van der Waals surface area contributed by atoms with Crippen molar-refractivity contribution < 1.29 is 19.4 Å². The van der Waals surface area contributed by atoms with Gasteiger partial charge in [-0.05, 0) is 30.2 Å². The molecule has 0 heterocycles. The number of aliphatic hydroxyl groups is 1. The van der Waals surface area contributed by atoms with Crippen molar-refractivity contribution in [2.75, 3.05) is 0 Å². The zero-order valence-corrected chi connectivity index (χ0v) is 10.2. The molecule has 0 spiro atoms. The molecule has 16 heavy (non-hydrogen) atoms. The fourth-order valence-electron chi connectivity index (χ4n) is 1.49. The second-order valence-corrected chi connectivity index (χ2v) is 4.32. The van der Waals surface area contributed by atoms with E-state index < -0.39 is 23.8 Å². The van der Waals surface area contributed by atoms with Gasteiger partial charge in [-0.2, -0.15) is 0 Å². The first-order chi connectivity index (χ1) is 7.47. The Morgan fingerprint density at radius 2 is 2.19 bits per heavy atom. The Labute approximate surface area is 101 Å². The van der Waals surface area contributed by atoms with Gasteiger partial charge in [-0.25, -0.2) is 4.39 Å². The standard InChI is InChI=1S/C11H12BrFO3/c1-2-7(11(15)16)10(14)8-5-6(13)3-4-9(8)12/h3-5,7,10,14H,2H2,1H3,(H,15,16). The second kappa shape index (κ2) is 5.41. The van der Waals surface area contributed by atoms with Crippen LogP contribution in [0.15, 0.2) is 22.7 Å². The first-order valence-corrected chi connectivity index (χ1v) is 5.62. The summed E-state index contributed by atoms with van der Waals surface area (Å²) in [5.41, 5.74) is 0.259. The van der Waals surface area contributed by atoms with E-state index >= 15 is 0 Å². The lowest BCUT2D eigenvalue weighted by atomic mass is 9.93. The van der Waals surface area contributed by atoms with Crippen molar-refractivity contribution in [1.29, 1.82) is 0 Å². The third-order valence-corrected chi connectivity index (χ3v) is 3.14. The summed E-state index contributed by atoms with van der Waals surface area (Å²) in [5.74, 6) is -2.53. The molecular weight excluding hydrogens is 279 g/mol. The molecule has 0 saturated carbocycles. The summed E-state index contributed by atoms with van der Waals surface area (Å²) in [4.78, 5) is 10.9. The number of benzene rings is 1. The molecule has 0 aliphatic heterocycles. The van der Waals surface area contributed by atoms with E-state index in [9.17, 15) is 14.3 Å². The van der Waals surface area contributed by atoms with Crippen LogP contribution in [-0.4, -0.2) is 16.2 Å². The number of hydrogen-bond acceptors (Lipinski definition) is 2. The van der Waals surface area contributed by atoms with E-state index in [0.29, 0.717) is 4.47 Å². The van der Waals surface area contributed by atoms with Gasteiger partial charge in [-0.1, -0.05) is 22.9 Å². The number of aliphatic hydroxyl groups excluding tert-OH is 1. The van der Waals surface area contributed by atoms with Gasteiger partial charge < -0.3 is 10.2 Å². The van der Waals surface area contributed by atoms with Crippen molar-refractivity contribution in [3.8, 4) is 0 Å². The topological polar surface area (TPSA) is 57.5 Å². The van der Waals surface area contributed by atoms with Crippen molar-refractivity contribution in [2.24, 2.45) is 5.92 Å². The minimum Gasteiger partial charge on any atom is -0.481 e. The third-order valence-electron chi connectivity index (χ3n) is 2.41. The maximum absolute atomic E-state index is 13.0. The molecule has 0 amide bonds. The molecule has 0 aliphatic carbocycles. The largest absolute Gasteiger partial charge is 0.481 e. The Hall–Kier alpha value is -0.940. The SMILES string of the molecule is CCC(C(=O)O)C(O)c1cc(F)ccc1Br. The molecule has 88 valence electrons. The minimum absolute atomic E-state index is 0.259. The highest BCUT2D eigenvalue weighted by Crippen LogP contribution is 2.31. The number of carbonyl (C=O) groups is 1. The van der Waals surface area contributed by atoms with Crippen LogP contribution in [0.5, 0.6) is 0 Å². The van der Waals surface area contributed by atoms with Crippen LogP contribution in [0.4, 0.5) is 4.39 Å². The van der Waals surface area contributed by atoms with Gasteiger partial charge >= 0.3 is 5.97 Å². The quantitative estimate of drug-likeness (QED) is 0.896. The Balaban J connectivity index is 3.07. The van der Waals surface area contributed by atoms with E-state index in [4.69, 9.17) is 5.11 Å². The highest BCUT2D eigenvalue weighted by atomic mass is 79.9. The second-order valence-electron chi connectivity index (χ2n) is 3.46. The van der Waals surface area contributed by atoms with E-state index in [-0.39, 0.29) is 12.0 Å². The van der Waals surface area contributed by atoms with E-state index in [1.54, 1.807) is 6.92 Å². The fraction of sp³-hybridized carbons (Fsp3) is 0.364. The maximum atomic E-state index is 13.0. The van der Waals surface area contributed by atoms with Crippen molar-refractivity contribution in [1.82, 2.24) is 0 Å². The van der Waals surface area contributed by atoms with Crippen LogP contribution in [-0.2, 0) is 4.79 Å². The number of aliphatic carboxylic acids is 1. The van der Waals surface area contributed by atoms with Crippen molar-refractivity contribution in [3.05, 3.63) is 34.1 Å². The number of carboxylic acids is 1. The normalized spacial score (nSPS) is 14.5. The first-order valence-electron chi connectivity index (χ1n) is 4.83.